The third-order valence-corrected chi connectivity index (χ3v) is 6.74. The molecule has 3 N–H and O–H groups in total. The molecule has 0 radical (unpaired) electrons. The van der Waals surface area contributed by atoms with Gasteiger partial charge in [-0.05, 0) is 55.2 Å². The summed E-state index contributed by atoms with van der Waals surface area (Å²) in [6.45, 7) is 4.61. The molecule has 1 heterocycles. The number of nitrogens with one attached hydrogen (secondary N) is 3. The Kier molecular flexibility index (Phi) is 4.73. The van der Waals surface area contributed by atoms with E-state index in [1.165, 1.54) is 41.3 Å². The molecule has 3 heteroatoms. The van der Waals surface area contributed by atoms with E-state index in [1.807, 2.05) is 0 Å². The van der Waals surface area contributed by atoms with Crippen LogP contribution in [0.15, 0.2) is 60.8 Å². The van der Waals surface area contributed by atoms with E-state index in [9.17, 15) is 0 Å². The highest BCUT2D eigenvalue weighted by Crippen LogP contribution is 2.47. The molecular weight excluding hydrogens is 342 g/mol. The summed E-state index contributed by atoms with van der Waals surface area (Å²) in [5, 5.41) is 9.04. The molecule has 2 aromatic carbocycles. The van der Waals surface area contributed by atoms with Crippen LogP contribution in [-0.2, 0) is 6.42 Å². The van der Waals surface area contributed by atoms with Gasteiger partial charge in [0, 0.05) is 48.2 Å². The molecule has 2 aliphatic carbocycles. The molecular formula is C25H31N3. The Hall–Kier alpha value is -2.10. The maximum atomic E-state index is 3.86. The van der Waals surface area contributed by atoms with E-state index in [0.29, 0.717) is 17.5 Å². The number of H-pyrrole nitrogens is 1. The molecule has 0 amide bonds. The van der Waals surface area contributed by atoms with Gasteiger partial charge in [0.25, 0.3) is 0 Å². The van der Waals surface area contributed by atoms with Crippen LogP contribution in [0.5, 0.6) is 0 Å². The van der Waals surface area contributed by atoms with Gasteiger partial charge >= 0.3 is 0 Å². The zero-order valence-corrected chi connectivity index (χ0v) is 16.7. The van der Waals surface area contributed by atoms with E-state index in [-0.39, 0.29) is 0 Å². The van der Waals surface area contributed by atoms with E-state index in [0.717, 1.165) is 25.4 Å². The number of hydrogen-bond acceptors (Lipinski definition) is 2. The molecule has 3 nitrogen and oxygen atoms in total. The highest BCUT2D eigenvalue weighted by molar-refractivity contribution is 5.83. The Balaban J connectivity index is 1.09. The molecule has 0 aliphatic heterocycles. The van der Waals surface area contributed by atoms with Gasteiger partial charge in [-0.3, -0.25) is 0 Å². The molecule has 0 saturated heterocycles. The van der Waals surface area contributed by atoms with Crippen LogP contribution in [0.3, 0.4) is 0 Å². The van der Waals surface area contributed by atoms with E-state index in [4.69, 9.17) is 0 Å². The van der Waals surface area contributed by atoms with Crippen molar-refractivity contribution < 1.29 is 0 Å². The number of para-hydroxylation sites is 1. The van der Waals surface area contributed by atoms with Crippen LogP contribution in [0, 0.1) is 5.41 Å². The van der Waals surface area contributed by atoms with Crippen molar-refractivity contribution in [3.8, 4) is 0 Å². The maximum Gasteiger partial charge on any atom is 0.0456 e. The fourth-order valence-corrected chi connectivity index (χ4v) is 4.52. The summed E-state index contributed by atoms with van der Waals surface area (Å²) in [6, 6.07) is 20.7. The third kappa shape index (κ3) is 3.87. The van der Waals surface area contributed by atoms with Gasteiger partial charge in [0.05, 0.1) is 0 Å². The van der Waals surface area contributed by atoms with Crippen LogP contribution in [-0.4, -0.2) is 30.2 Å². The van der Waals surface area contributed by atoms with Crippen LogP contribution >= 0.6 is 0 Å². The minimum atomic E-state index is 0.484. The molecule has 3 atom stereocenters. The lowest BCUT2D eigenvalue weighted by molar-refractivity contribution is 0.394. The zero-order chi connectivity index (χ0) is 19.0. The summed E-state index contributed by atoms with van der Waals surface area (Å²) in [4.78, 5) is 3.40. The number of rotatable bonds is 9. The van der Waals surface area contributed by atoms with Crippen LogP contribution in [0.25, 0.3) is 10.9 Å². The molecule has 2 fully saturated rings. The van der Waals surface area contributed by atoms with E-state index >= 15 is 0 Å². The average molecular weight is 374 g/mol. The molecule has 0 unspecified atom stereocenters. The molecule has 1 aromatic heterocycles. The van der Waals surface area contributed by atoms with E-state index < -0.39 is 0 Å². The van der Waals surface area contributed by atoms with E-state index in [2.05, 4.69) is 83.3 Å². The Morgan fingerprint density at radius 2 is 1.82 bits per heavy atom. The van der Waals surface area contributed by atoms with Gasteiger partial charge in [-0.15, -0.1) is 0 Å². The molecule has 3 aromatic rings. The Morgan fingerprint density at radius 3 is 2.64 bits per heavy atom. The molecule has 5 rings (SSSR count). The summed E-state index contributed by atoms with van der Waals surface area (Å²) in [7, 11) is 0. The first-order chi connectivity index (χ1) is 13.7. The number of fused-ring (bicyclic) bond motifs is 1. The van der Waals surface area contributed by atoms with Crippen LogP contribution < -0.4 is 10.6 Å². The summed E-state index contributed by atoms with van der Waals surface area (Å²) in [6.07, 6.45) is 7.26. The first-order valence-corrected chi connectivity index (χ1v) is 10.8. The van der Waals surface area contributed by atoms with Crippen molar-refractivity contribution in [1.29, 1.82) is 0 Å². The van der Waals surface area contributed by atoms with Gasteiger partial charge in [-0.25, -0.2) is 0 Å². The van der Waals surface area contributed by atoms with Crippen molar-refractivity contribution in [3.63, 3.8) is 0 Å². The predicted octanol–water partition coefficient (Wildman–Crippen LogP) is 4.61. The summed E-state index contributed by atoms with van der Waals surface area (Å²) >= 11 is 0. The van der Waals surface area contributed by atoms with Gasteiger partial charge in [-0.2, -0.15) is 0 Å². The van der Waals surface area contributed by atoms with Crippen molar-refractivity contribution in [2.75, 3.05) is 13.1 Å². The zero-order valence-electron chi connectivity index (χ0n) is 16.7. The number of benzene rings is 2. The maximum absolute atomic E-state index is 3.86. The number of hydrogen-bond donors (Lipinski definition) is 3. The second kappa shape index (κ2) is 7.38. The van der Waals surface area contributed by atoms with E-state index in [1.54, 1.807) is 0 Å². The first kappa shape index (κ1) is 18.0. The van der Waals surface area contributed by atoms with Crippen molar-refractivity contribution in [2.24, 2.45) is 5.41 Å². The average Bonchev–Trinajstić information content (AvgIpc) is 3.64. The normalized spacial score (nSPS) is 23.6. The summed E-state index contributed by atoms with van der Waals surface area (Å²) in [5.41, 5.74) is 4.64. The molecule has 0 spiro atoms. The van der Waals surface area contributed by atoms with Crippen molar-refractivity contribution in [1.82, 2.24) is 15.6 Å². The Morgan fingerprint density at radius 1 is 1.04 bits per heavy atom. The molecule has 0 bridgehead atoms. The topological polar surface area (TPSA) is 39.9 Å². The SMILES string of the molecule is C[C@H](Cc1c[nH]c2ccccc12)NCC1(CN[C@@H]2C[C@H]2c2ccccc2)CC1. The minimum absolute atomic E-state index is 0.484. The van der Waals surface area contributed by atoms with Gasteiger partial charge < -0.3 is 15.6 Å². The lowest BCUT2D eigenvalue weighted by atomic mass is 10.0. The number of aromatic amines is 1. The van der Waals surface area contributed by atoms with Crippen LogP contribution in [0.4, 0.5) is 0 Å². The monoisotopic (exact) mass is 373 g/mol. The Labute approximate surface area is 167 Å². The molecule has 28 heavy (non-hydrogen) atoms. The first-order valence-electron chi connectivity index (χ1n) is 10.8. The number of aromatic nitrogens is 1. The minimum Gasteiger partial charge on any atom is -0.361 e. The lowest BCUT2D eigenvalue weighted by Gasteiger charge is -2.21. The quantitative estimate of drug-likeness (QED) is 0.512. The van der Waals surface area contributed by atoms with Gasteiger partial charge in [0.15, 0.2) is 0 Å². The summed E-state index contributed by atoms with van der Waals surface area (Å²) in [5.74, 6) is 0.728. The summed E-state index contributed by atoms with van der Waals surface area (Å²) < 4.78 is 0. The second-order valence-corrected chi connectivity index (χ2v) is 9.09. The second-order valence-electron chi connectivity index (χ2n) is 9.09. The smallest absolute Gasteiger partial charge is 0.0456 e. The van der Waals surface area contributed by atoms with Gasteiger partial charge in [-0.1, -0.05) is 48.5 Å². The molecule has 2 saturated carbocycles. The van der Waals surface area contributed by atoms with Crippen LogP contribution in [0.1, 0.15) is 43.2 Å². The fraction of sp³-hybridized carbons (Fsp3) is 0.440. The highest BCUT2D eigenvalue weighted by Gasteiger charge is 2.45. The van der Waals surface area contributed by atoms with Crippen LogP contribution in [0.2, 0.25) is 0 Å². The molecule has 146 valence electrons. The van der Waals surface area contributed by atoms with Gasteiger partial charge in [0.2, 0.25) is 0 Å². The predicted molar refractivity (Wildman–Crippen MR) is 117 cm³/mol. The van der Waals surface area contributed by atoms with Gasteiger partial charge in [0.1, 0.15) is 0 Å². The molecule has 2 aliphatic rings. The standard InChI is InChI=1S/C25H31N3/c1-18(13-20-15-26-23-10-6-5-9-21(20)23)27-16-25(11-12-25)17-28-24-14-22(24)19-7-3-2-4-8-19/h2-10,15,18,22,24,26-28H,11-14,16-17H2,1H3/t18-,22+,24-/m1/s1. The van der Waals surface area contributed by atoms with Crippen molar-refractivity contribution in [2.45, 2.75) is 50.6 Å². The third-order valence-electron chi connectivity index (χ3n) is 6.74. The lowest BCUT2D eigenvalue weighted by Crippen LogP contribution is -2.38. The largest absolute Gasteiger partial charge is 0.361 e. The fourth-order valence-electron chi connectivity index (χ4n) is 4.52. The van der Waals surface area contributed by atoms with Crippen molar-refractivity contribution in [3.05, 3.63) is 71.9 Å². The van der Waals surface area contributed by atoms with Crippen molar-refractivity contribution >= 4 is 10.9 Å². The highest BCUT2D eigenvalue weighted by atomic mass is 15.0. The Bertz CT molecular complexity index is 925.